The SMILES string of the molecule is Cc1cccc2cc(CC(=O)NC3CCN(Cc4ccc(OC5CCNCC5)c(Br)c4)CC3)c(=O)oc12. The van der Waals surface area contributed by atoms with Crippen LogP contribution in [0.1, 0.15) is 42.4 Å². The van der Waals surface area contributed by atoms with E-state index in [0.29, 0.717) is 11.1 Å². The number of hydrogen-bond acceptors (Lipinski definition) is 6. The number of likely N-dealkylation sites (tertiary alicyclic amines) is 1. The lowest BCUT2D eigenvalue weighted by Crippen LogP contribution is -2.45. The number of aryl methyl sites for hydroxylation is 1. The lowest BCUT2D eigenvalue weighted by molar-refractivity contribution is -0.121. The van der Waals surface area contributed by atoms with Crippen LogP contribution >= 0.6 is 15.9 Å². The van der Waals surface area contributed by atoms with Crippen molar-refractivity contribution in [3.05, 3.63) is 74.0 Å². The van der Waals surface area contributed by atoms with Gasteiger partial charge in [-0.2, -0.15) is 0 Å². The second kappa shape index (κ2) is 11.8. The summed E-state index contributed by atoms with van der Waals surface area (Å²) in [7, 11) is 0. The molecule has 3 heterocycles. The molecule has 0 bridgehead atoms. The standard InChI is InChI=1S/C29H34BrN3O4/c1-19-3-2-4-21-16-22(29(35)37-28(19)21)17-27(34)32-23-9-13-33(14-10-23)18-20-5-6-26(25(30)15-20)36-24-7-11-31-12-8-24/h2-6,15-16,23-24,31H,7-14,17-18H2,1H3,(H,32,34). The van der Waals surface area contributed by atoms with Gasteiger partial charge in [0.25, 0.3) is 0 Å². The van der Waals surface area contributed by atoms with E-state index in [1.807, 2.05) is 25.1 Å². The highest BCUT2D eigenvalue weighted by Crippen LogP contribution is 2.29. The molecule has 8 heteroatoms. The number of carbonyl (C=O) groups excluding carboxylic acids is 1. The normalized spacial score (nSPS) is 17.7. The lowest BCUT2D eigenvalue weighted by Gasteiger charge is -2.32. The predicted octanol–water partition coefficient (Wildman–Crippen LogP) is 4.32. The summed E-state index contributed by atoms with van der Waals surface area (Å²) in [6, 6.07) is 14.0. The highest BCUT2D eigenvalue weighted by Gasteiger charge is 2.22. The van der Waals surface area contributed by atoms with Crippen LogP contribution < -0.4 is 21.0 Å². The lowest BCUT2D eigenvalue weighted by atomic mass is 10.0. The Morgan fingerprint density at radius 3 is 2.68 bits per heavy atom. The smallest absolute Gasteiger partial charge is 0.339 e. The Balaban J connectivity index is 1.10. The zero-order valence-corrected chi connectivity index (χ0v) is 22.8. The van der Waals surface area contributed by atoms with Crippen molar-refractivity contribution < 1.29 is 13.9 Å². The summed E-state index contributed by atoms with van der Waals surface area (Å²) in [5, 5.41) is 7.33. The van der Waals surface area contributed by atoms with Gasteiger partial charge in [0.05, 0.1) is 10.9 Å². The molecule has 2 fully saturated rings. The Labute approximate surface area is 225 Å². The van der Waals surface area contributed by atoms with Gasteiger partial charge in [-0.15, -0.1) is 0 Å². The Morgan fingerprint density at radius 2 is 1.92 bits per heavy atom. The maximum Gasteiger partial charge on any atom is 0.339 e. The summed E-state index contributed by atoms with van der Waals surface area (Å²) >= 11 is 3.69. The summed E-state index contributed by atoms with van der Waals surface area (Å²) in [5.74, 6) is 0.777. The van der Waals surface area contributed by atoms with Gasteiger partial charge in [0.1, 0.15) is 17.4 Å². The van der Waals surface area contributed by atoms with Gasteiger partial charge in [0, 0.05) is 36.6 Å². The number of rotatable bonds is 7. The number of halogens is 1. The van der Waals surface area contributed by atoms with Crippen molar-refractivity contribution in [2.45, 2.75) is 57.7 Å². The minimum Gasteiger partial charge on any atom is -0.489 e. The van der Waals surface area contributed by atoms with Gasteiger partial charge >= 0.3 is 5.63 Å². The molecule has 1 amide bonds. The molecule has 7 nitrogen and oxygen atoms in total. The average molecular weight is 569 g/mol. The van der Waals surface area contributed by atoms with Crippen LogP contribution in [0.15, 0.2) is 56.1 Å². The minimum atomic E-state index is -0.440. The number of benzene rings is 2. The monoisotopic (exact) mass is 567 g/mol. The first kappa shape index (κ1) is 25.9. The van der Waals surface area contributed by atoms with Crippen LogP contribution in [0, 0.1) is 6.92 Å². The van der Waals surface area contributed by atoms with Crippen LogP contribution in [0.2, 0.25) is 0 Å². The molecule has 0 atom stereocenters. The fourth-order valence-corrected chi connectivity index (χ4v) is 5.75. The maximum absolute atomic E-state index is 12.7. The quantitative estimate of drug-likeness (QED) is 0.414. The summed E-state index contributed by atoms with van der Waals surface area (Å²) < 4.78 is 12.7. The van der Waals surface area contributed by atoms with Crippen molar-refractivity contribution in [3.63, 3.8) is 0 Å². The molecule has 1 aromatic heterocycles. The van der Waals surface area contributed by atoms with E-state index in [0.717, 1.165) is 79.6 Å². The largest absolute Gasteiger partial charge is 0.489 e. The molecule has 2 saturated heterocycles. The zero-order chi connectivity index (χ0) is 25.8. The van der Waals surface area contributed by atoms with Gasteiger partial charge in [0.2, 0.25) is 5.91 Å². The van der Waals surface area contributed by atoms with E-state index in [2.05, 4.69) is 49.7 Å². The van der Waals surface area contributed by atoms with Gasteiger partial charge in [-0.05, 0) is 91.0 Å². The first-order chi connectivity index (χ1) is 17.9. The number of hydrogen-bond donors (Lipinski definition) is 2. The first-order valence-electron chi connectivity index (χ1n) is 13.1. The molecule has 3 aromatic rings. The number of amides is 1. The van der Waals surface area contributed by atoms with Gasteiger partial charge in [-0.25, -0.2) is 4.79 Å². The third-order valence-corrected chi connectivity index (χ3v) is 7.93. The van der Waals surface area contributed by atoms with E-state index in [-0.39, 0.29) is 24.5 Å². The van der Waals surface area contributed by atoms with Crippen molar-refractivity contribution in [2.24, 2.45) is 0 Å². The molecule has 0 radical (unpaired) electrons. The van der Waals surface area contributed by atoms with Crippen LogP contribution in [0.5, 0.6) is 5.75 Å². The maximum atomic E-state index is 12.7. The van der Waals surface area contributed by atoms with Crippen LogP contribution in [-0.4, -0.2) is 49.1 Å². The Hall–Kier alpha value is -2.68. The average Bonchev–Trinajstić information content (AvgIpc) is 2.89. The molecule has 0 unspecified atom stereocenters. The van der Waals surface area contributed by atoms with Crippen molar-refractivity contribution >= 4 is 32.8 Å². The number of para-hydroxylation sites is 1. The van der Waals surface area contributed by atoms with Crippen molar-refractivity contribution in [1.29, 1.82) is 0 Å². The van der Waals surface area contributed by atoms with E-state index in [1.165, 1.54) is 5.56 Å². The Kier molecular flexibility index (Phi) is 8.27. The third-order valence-electron chi connectivity index (χ3n) is 7.32. The third kappa shape index (κ3) is 6.61. The molecule has 0 spiro atoms. The number of fused-ring (bicyclic) bond motifs is 1. The summed E-state index contributed by atoms with van der Waals surface area (Å²) in [6.07, 6.45) is 4.15. The molecule has 2 aromatic carbocycles. The van der Waals surface area contributed by atoms with Crippen LogP contribution in [0.25, 0.3) is 11.0 Å². The van der Waals surface area contributed by atoms with Gasteiger partial charge < -0.3 is 19.8 Å². The van der Waals surface area contributed by atoms with Crippen LogP contribution in [0.4, 0.5) is 0 Å². The van der Waals surface area contributed by atoms with Gasteiger partial charge in [0.15, 0.2) is 0 Å². The second-order valence-electron chi connectivity index (χ2n) is 10.2. The number of ether oxygens (including phenoxy) is 1. The van der Waals surface area contributed by atoms with Crippen LogP contribution in [0.3, 0.4) is 0 Å². The van der Waals surface area contributed by atoms with Crippen molar-refractivity contribution in [1.82, 2.24) is 15.5 Å². The Bertz CT molecular complexity index is 1310. The van der Waals surface area contributed by atoms with Crippen molar-refractivity contribution in [3.8, 4) is 5.75 Å². The molecule has 37 heavy (non-hydrogen) atoms. The van der Waals surface area contributed by atoms with E-state index >= 15 is 0 Å². The molecular weight excluding hydrogens is 534 g/mol. The molecule has 0 aliphatic carbocycles. The number of nitrogens with zero attached hydrogens (tertiary/aromatic N) is 1. The fourth-order valence-electron chi connectivity index (χ4n) is 5.23. The summed E-state index contributed by atoms with van der Waals surface area (Å²) in [5.41, 5.74) is 2.69. The van der Waals surface area contributed by atoms with Gasteiger partial charge in [-0.3, -0.25) is 9.69 Å². The molecule has 2 N–H and O–H groups in total. The predicted molar refractivity (Wildman–Crippen MR) is 148 cm³/mol. The highest BCUT2D eigenvalue weighted by molar-refractivity contribution is 9.10. The fraction of sp³-hybridized carbons (Fsp3) is 0.448. The highest BCUT2D eigenvalue weighted by atomic mass is 79.9. The van der Waals surface area contributed by atoms with E-state index in [1.54, 1.807) is 6.07 Å². The van der Waals surface area contributed by atoms with Gasteiger partial charge in [-0.1, -0.05) is 24.3 Å². The minimum absolute atomic E-state index is 0.0340. The summed E-state index contributed by atoms with van der Waals surface area (Å²) in [4.78, 5) is 27.5. The topological polar surface area (TPSA) is 83.8 Å². The Morgan fingerprint density at radius 1 is 1.14 bits per heavy atom. The summed E-state index contributed by atoms with van der Waals surface area (Å²) in [6.45, 7) is 6.61. The van der Waals surface area contributed by atoms with Crippen LogP contribution in [-0.2, 0) is 17.8 Å². The van der Waals surface area contributed by atoms with E-state index in [9.17, 15) is 9.59 Å². The van der Waals surface area contributed by atoms with E-state index in [4.69, 9.17) is 9.15 Å². The second-order valence-corrected chi connectivity index (χ2v) is 11.0. The molecule has 196 valence electrons. The molecular formula is C29H34BrN3O4. The number of nitrogens with one attached hydrogen (secondary N) is 2. The number of carbonyl (C=O) groups is 1. The first-order valence-corrected chi connectivity index (χ1v) is 13.9. The molecule has 5 rings (SSSR count). The van der Waals surface area contributed by atoms with E-state index < -0.39 is 5.63 Å². The molecule has 2 aliphatic rings. The zero-order valence-electron chi connectivity index (χ0n) is 21.2. The van der Waals surface area contributed by atoms with Crippen molar-refractivity contribution in [2.75, 3.05) is 26.2 Å². The molecule has 0 saturated carbocycles. The molecule has 2 aliphatic heterocycles. The number of piperidine rings is 2.